The molecule has 188 valence electrons. The van der Waals surface area contributed by atoms with Crippen LogP contribution in [0, 0.1) is 11.8 Å². The van der Waals surface area contributed by atoms with Gasteiger partial charge in [-0.25, -0.2) is 0 Å². The van der Waals surface area contributed by atoms with Gasteiger partial charge < -0.3 is 22.1 Å². The smallest absolute Gasteiger partial charge is 0.228 e. The number of nitrogen functional groups attached to an aromatic ring is 2. The molecule has 0 amide bonds. The Labute approximate surface area is 215 Å². The van der Waals surface area contributed by atoms with Crippen molar-refractivity contribution in [3.8, 4) is 0 Å². The van der Waals surface area contributed by atoms with E-state index >= 15 is 0 Å². The van der Waals surface area contributed by atoms with Gasteiger partial charge in [0.1, 0.15) is 11.6 Å². The number of fused-ring (bicyclic) bond motifs is 2. The van der Waals surface area contributed by atoms with Crippen LogP contribution in [0.2, 0.25) is 0 Å². The Balaban J connectivity index is 1.19. The highest BCUT2D eigenvalue weighted by Crippen LogP contribution is 2.58. The molecule has 0 saturated heterocycles. The van der Waals surface area contributed by atoms with E-state index in [0.29, 0.717) is 36.8 Å². The summed E-state index contributed by atoms with van der Waals surface area (Å²) in [5.41, 5.74) is 14.5. The predicted molar refractivity (Wildman–Crippen MR) is 142 cm³/mol. The standard InChI is InChI=1S/C27H30N10/c28-24-32-22(34-26(36-24)30-14-16-7-3-1-4-8-16)20-12-18-11-19(20)21(13-18)23-33-25(29)37-27(35-23)31-15-17-9-5-2-6-10-17/h1-10,18-21H,11-15H2,(H3,28,30,32,34,36)(H3,29,31,33,35,37). The minimum atomic E-state index is 0.171. The molecule has 2 saturated carbocycles. The van der Waals surface area contributed by atoms with Crippen molar-refractivity contribution < 1.29 is 0 Å². The van der Waals surface area contributed by atoms with E-state index < -0.39 is 0 Å². The number of nitrogens with zero attached hydrogens (tertiary/aromatic N) is 6. The van der Waals surface area contributed by atoms with Crippen molar-refractivity contribution in [3.63, 3.8) is 0 Å². The number of rotatable bonds is 8. The first-order valence-corrected chi connectivity index (χ1v) is 12.7. The lowest BCUT2D eigenvalue weighted by Gasteiger charge is -2.28. The summed E-state index contributed by atoms with van der Waals surface area (Å²) in [6, 6.07) is 20.3. The van der Waals surface area contributed by atoms with E-state index in [1.54, 1.807) is 0 Å². The van der Waals surface area contributed by atoms with Gasteiger partial charge in [-0.3, -0.25) is 0 Å². The van der Waals surface area contributed by atoms with Crippen LogP contribution >= 0.6 is 0 Å². The van der Waals surface area contributed by atoms with Gasteiger partial charge >= 0.3 is 0 Å². The zero-order valence-corrected chi connectivity index (χ0v) is 20.5. The number of aromatic nitrogens is 6. The Morgan fingerprint density at radius 1 is 0.595 bits per heavy atom. The number of hydrogen-bond donors (Lipinski definition) is 4. The molecule has 2 aliphatic carbocycles. The van der Waals surface area contributed by atoms with E-state index in [4.69, 9.17) is 21.4 Å². The fraction of sp³-hybridized carbons (Fsp3) is 0.333. The topological polar surface area (TPSA) is 153 Å². The van der Waals surface area contributed by atoms with Crippen molar-refractivity contribution in [2.45, 2.75) is 44.2 Å². The summed E-state index contributed by atoms with van der Waals surface area (Å²) in [5.74, 6) is 4.18. The minimum Gasteiger partial charge on any atom is -0.368 e. The Morgan fingerprint density at radius 3 is 1.49 bits per heavy atom. The maximum atomic E-state index is 6.10. The Kier molecular flexibility index (Phi) is 6.21. The summed E-state index contributed by atoms with van der Waals surface area (Å²) < 4.78 is 0. The average molecular weight is 495 g/mol. The number of nitrogens with one attached hydrogen (secondary N) is 2. The van der Waals surface area contributed by atoms with Gasteiger partial charge in [0.15, 0.2) is 0 Å². The Bertz CT molecular complexity index is 1260. The predicted octanol–water partition coefficient (Wildman–Crippen LogP) is 3.74. The molecule has 0 radical (unpaired) electrons. The monoisotopic (exact) mass is 494 g/mol. The molecule has 10 heteroatoms. The quantitative estimate of drug-likeness (QED) is 0.285. The molecule has 2 aromatic heterocycles. The molecule has 6 rings (SSSR count). The third-order valence-electron chi connectivity index (χ3n) is 7.40. The van der Waals surface area contributed by atoms with Gasteiger partial charge in [0, 0.05) is 24.9 Å². The fourth-order valence-corrected chi connectivity index (χ4v) is 5.81. The molecular formula is C27H30N10. The first-order valence-electron chi connectivity index (χ1n) is 12.7. The SMILES string of the molecule is Nc1nc(NCc2ccccc2)nc(C2CC3CC(c4nc(N)nc(NCc5ccccc5)n4)C2C3)n1. The number of nitrogens with two attached hydrogens (primary N) is 2. The lowest BCUT2D eigenvalue weighted by molar-refractivity contribution is 0.347. The second-order valence-corrected chi connectivity index (χ2v) is 9.88. The normalized spacial score (nSPS) is 22.2. The van der Waals surface area contributed by atoms with Gasteiger partial charge in [-0.15, -0.1) is 0 Å². The van der Waals surface area contributed by atoms with Crippen LogP contribution in [0.3, 0.4) is 0 Å². The van der Waals surface area contributed by atoms with Crippen molar-refractivity contribution >= 4 is 23.8 Å². The molecular weight excluding hydrogens is 464 g/mol. The van der Waals surface area contributed by atoms with Crippen molar-refractivity contribution in [1.82, 2.24) is 29.9 Å². The number of anilines is 4. The van der Waals surface area contributed by atoms with E-state index in [1.807, 2.05) is 36.4 Å². The highest BCUT2D eigenvalue weighted by Gasteiger charge is 2.49. The molecule has 2 bridgehead atoms. The average Bonchev–Trinajstić information content (AvgIpc) is 3.53. The van der Waals surface area contributed by atoms with E-state index in [9.17, 15) is 0 Å². The number of hydrogen-bond acceptors (Lipinski definition) is 10. The highest BCUT2D eigenvalue weighted by atomic mass is 15.2. The molecule has 2 unspecified atom stereocenters. The summed E-state index contributed by atoms with van der Waals surface area (Å²) >= 11 is 0. The second kappa shape index (κ2) is 9.96. The lowest BCUT2D eigenvalue weighted by Crippen LogP contribution is -2.23. The van der Waals surface area contributed by atoms with E-state index in [-0.39, 0.29) is 23.7 Å². The zero-order valence-electron chi connectivity index (χ0n) is 20.5. The van der Waals surface area contributed by atoms with Crippen LogP contribution in [0.15, 0.2) is 60.7 Å². The van der Waals surface area contributed by atoms with Crippen molar-refractivity contribution in [2.24, 2.45) is 11.8 Å². The molecule has 2 heterocycles. The molecule has 2 aromatic carbocycles. The van der Waals surface area contributed by atoms with Crippen LogP contribution in [-0.4, -0.2) is 29.9 Å². The molecule has 0 spiro atoms. The van der Waals surface area contributed by atoms with E-state index in [0.717, 1.165) is 42.0 Å². The van der Waals surface area contributed by atoms with Gasteiger partial charge in [0.05, 0.1) is 0 Å². The molecule has 2 fully saturated rings. The van der Waals surface area contributed by atoms with Crippen molar-refractivity contribution in [1.29, 1.82) is 0 Å². The van der Waals surface area contributed by atoms with Crippen LogP contribution in [-0.2, 0) is 13.1 Å². The lowest BCUT2D eigenvalue weighted by atomic mass is 9.79. The minimum absolute atomic E-state index is 0.171. The largest absolute Gasteiger partial charge is 0.368 e. The molecule has 10 nitrogen and oxygen atoms in total. The van der Waals surface area contributed by atoms with Crippen LogP contribution < -0.4 is 22.1 Å². The van der Waals surface area contributed by atoms with Gasteiger partial charge in [0.25, 0.3) is 0 Å². The fourth-order valence-electron chi connectivity index (χ4n) is 5.81. The Hall–Kier alpha value is -4.34. The van der Waals surface area contributed by atoms with E-state index in [1.165, 1.54) is 0 Å². The summed E-state index contributed by atoms with van der Waals surface area (Å²) in [5, 5.41) is 6.59. The van der Waals surface area contributed by atoms with Crippen LogP contribution in [0.5, 0.6) is 0 Å². The van der Waals surface area contributed by atoms with Crippen molar-refractivity contribution in [2.75, 3.05) is 22.1 Å². The summed E-state index contributed by atoms with van der Waals surface area (Å²) in [7, 11) is 0. The molecule has 2 aliphatic rings. The molecule has 37 heavy (non-hydrogen) atoms. The van der Waals surface area contributed by atoms with Gasteiger partial charge in [-0.2, -0.15) is 29.9 Å². The molecule has 6 N–H and O–H groups in total. The third-order valence-corrected chi connectivity index (χ3v) is 7.40. The maximum Gasteiger partial charge on any atom is 0.228 e. The second-order valence-electron chi connectivity index (χ2n) is 9.88. The van der Waals surface area contributed by atoms with Gasteiger partial charge in [-0.05, 0) is 42.2 Å². The molecule has 2 atom stereocenters. The zero-order chi connectivity index (χ0) is 25.2. The summed E-state index contributed by atoms with van der Waals surface area (Å²) in [6.45, 7) is 1.23. The molecule has 4 aromatic rings. The highest BCUT2D eigenvalue weighted by molar-refractivity contribution is 5.36. The van der Waals surface area contributed by atoms with Gasteiger partial charge in [0.2, 0.25) is 23.8 Å². The van der Waals surface area contributed by atoms with Crippen LogP contribution in [0.25, 0.3) is 0 Å². The number of benzene rings is 2. The summed E-state index contributed by atoms with van der Waals surface area (Å²) in [6.07, 6.45) is 3.15. The Morgan fingerprint density at radius 2 is 1.05 bits per heavy atom. The molecule has 0 aliphatic heterocycles. The van der Waals surface area contributed by atoms with E-state index in [2.05, 4.69) is 54.8 Å². The first kappa shape index (κ1) is 23.1. The van der Waals surface area contributed by atoms with Crippen LogP contribution in [0.4, 0.5) is 23.8 Å². The van der Waals surface area contributed by atoms with Gasteiger partial charge in [-0.1, -0.05) is 60.7 Å². The third kappa shape index (κ3) is 5.13. The van der Waals surface area contributed by atoms with Crippen molar-refractivity contribution in [3.05, 3.63) is 83.4 Å². The summed E-state index contributed by atoms with van der Waals surface area (Å²) in [4.78, 5) is 27.3. The first-order chi connectivity index (χ1) is 18.1. The maximum absolute atomic E-state index is 6.10. The van der Waals surface area contributed by atoms with Crippen LogP contribution in [0.1, 0.15) is 53.9 Å².